The smallest absolute Gasteiger partial charge is 0.223 e. The number of hydrogen-bond acceptors (Lipinski definition) is 2. The summed E-state index contributed by atoms with van der Waals surface area (Å²) in [4.78, 5) is 14.3. The Morgan fingerprint density at radius 1 is 1.20 bits per heavy atom. The van der Waals surface area contributed by atoms with Crippen LogP contribution in [-0.2, 0) is 17.9 Å². The number of amides is 1. The highest BCUT2D eigenvalue weighted by Crippen LogP contribution is 2.26. The van der Waals surface area contributed by atoms with Gasteiger partial charge in [-0.1, -0.05) is 59.6 Å². The first kappa shape index (κ1) is 18.0. The van der Waals surface area contributed by atoms with Gasteiger partial charge in [-0.05, 0) is 43.5 Å². The van der Waals surface area contributed by atoms with E-state index in [0.29, 0.717) is 19.0 Å². The van der Waals surface area contributed by atoms with Gasteiger partial charge in [-0.15, -0.1) is 0 Å². The highest BCUT2D eigenvalue weighted by atomic mass is 35.5. The average Bonchev–Trinajstić information content (AvgIpc) is 2.94. The van der Waals surface area contributed by atoms with Crippen molar-refractivity contribution in [3.05, 3.63) is 70.2 Å². The van der Waals surface area contributed by atoms with Gasteiger partial charge < -0.3 is 10.2 Å². The highest BCUT2D eigenvalue weighted by molar-refractivity contribution is 6.31. The Morgan fingerprint density at radius 2 is 2.04 bits per heavy atom. The molecule has 132 valence electrons. The number of aryl methyl sites for hydroxylation is 1. The first-order chi connectivity index (χ1) is 12.1. The fraction of sp³-hybridized carbons (Fsp3) is 0.381. The Kier molecular flexibility index (Phi) is 6.11. The van der Waals surface area contributed by atoms with Crippen LogP contribution in [0.4, 0.5) is 0 Å². The SMILES string of the molecule is Cc1cccc(CNCCC2CCC(=O)N2Cc2ccccc2Cl)c1. The molecule has 0 bridgehead atoms. The number of carbonyl (C=O) groups is 1. The molecular weight excluding hydrogens is 332 g/mol. The van der Waals surface area contributed by atoms with Crippen molar-refractivity contribution in [3.63, 3.8) is 0 Å². The summed E-state index contributed by atoms with van der Waals surface area (Å²) in [5.74, 6) is 0.239. The molecule has 1 aliphatic heterocycles. The molecule has 2 aromatic carbocycles. The predicted octanol–water partition coefficient (Wildman–Crippen LogP) is 4.32. The van der Waals surface area contributed by atoms with Crippen molar-refractivity contribution < 1.29 is 4.79 Å². The third kappa shape index (κ3) is 4.83. The number of likely N-dealkylation sites (tertiary alicyclic amines) is 1. The minimum absolute atomic E-state index is 0.239. The molecule has 0 radical (unpaired) electrons. The van der Waals surface area contributed by atoms with E-state index in [1.165, 1.54) is 11.1 Å². The van der Waals surface area contributed by atoms with Crippen LogP contribution in [0.3, 0.4) is 0 Å². The largest absolute Gasteiger partial charge is 0.335 e. The quantitative estimate of drug-likeness (QED) is 0.749. The molecule has 1 fully saturated rings. The molecule has 1 unspecified atom stereocenters. The summed E-state index contributed by atoms with van der Waals surface area (Å²) in [6.07, 6.45) is 2.56. The van der Waals surface area contributed by atoms with Gasteiger partial charge in [0.1, 0.15) is 0 Å². The molecule has 0 aliphatic carbocycles. The van der Waals surface area contributed by atoms with E-state index in [0.717, 1.165) is 36.5 Å². The molecule has 0 saturated carbocycles. The van der Waals surface area contributed by atoms with Crippen LogP contribution >= 0.6 is 11.6 Å². The normalized spacial score (nSPS) is 17.3. The van der Waals surface area contributed by atoms with Crippen molar-refractivity contribution in [1.82, 2.24) is 10.2 Å². The summed E-state index contributed by atoms with van der Waals surface area (Å²) in [6.45, 7) is 4.50. The Hall–Kier alpha value is -1.84. The molecule has 3 nitrogen and oxygen atoms in total. The van der Waals surface area contributed by atoms with Gasteiger partial charge in [-0.2, -0.15) is 0 Å². The van der Waals surface area contributed by atoms with Crippen molar-refractivity contribution in [2.45, 2.75) is 45.3 Å². The van der Waals surface area contributed by atoms with E-state index >= 15 is 0 Å². The van der Waals surface area contributed by atoms with Crippen molar-refractivity contribution in [2.24, 2.45) is 0 Å². The van der Waals surface area contributed by atoms with Crippen molar-refractivity contribution in [2.75, 3.05) is 6.54 Å². The second-order valence-corrected chi connectivity index (χ2v) is 7.17. The zero-order valence-electron chi connectivity index (χ0n) is 14.7. The van der Waals surface area contributed by atoms with Gasteiger partial charge in [0.05, 0.1) is 0 Å². The van der Waals surface area contributed by atoms with E-state index in [1.807, 2.05) is 29.2 Å². The second-order valence-electron chi connectivity index (χ2n) is 6.76. The van der Waals surface area contributed by atoms with Crippen LogP contribution in [0.5, 0.6) is 0 Å². The maximum atomic E-state index is 12.3. The first-order valence-corrected chi connectivity index (χ1v) is 9.30. The summed E-state index contributed by atoms with van der Waals surface area (Å²) in [6, 6.07) is 16.6. The van der Waals surface area contributed by atoms with Gasteiger partial charge >= 0.3 is 0 Å². The highest BCUT2D eigenvalue weighted by Gasteiger charge is 2.30. The minimum atomic E-state index is 0.239. The number of nitrogens with zero attached hydrogens (tertiary/aromatic N) is 1. The lowest BCUT2D eigenvalue weighted by atomic mass is 10.1. The van der Waals surface area contributed by atoms with E-state index in [-0.39, 0.29) is 5.91 Å². The van der Waals surface area contributed by atoms with Gasteiger partial charge in [0.25, 0.3) is 0 Å². The third-order valence-corrected chi connectivity index (χ3v) is 5.19. The molecular formula is C21H25ClN2O. The minimum Gasteiger partial charge on any atom is -0.335 e. The van der Waals surface area contributed by atoms with E-state index in [4.69, 9.17) is 11.6 Å². The van der Waals surface area contributed by atoms with Crippen LogP contribution in [0.25, 0.3) is 0 Å². The molecule has 3 rings (SSSR count). The van der Waals surface area contributed by atoms with Crippen LogP contribution in [0, 0.1) is 6.92 Å². The van der Waals surface area contributed by atoms with Gasteiger partial charge in [-0.3, -0.25) is 4.79 Å². The molecule has 0 spiro atoms. The molecule has 1 N–H and O–H groups in total. The van der Waals surface area contributed by atoms with Gasteiger partial charge in [0.15, 0.2) is 0 Å². The van der Waals surface area contributed by atoms with Crippen molar-refractivity contribution in [1.29, 1.82) is 0 Å². The van der Waals surface area contributed by atoms with Crippen LogP contribution in [0.15, 0.2) is 48.5 Å². The van der Waals surface area contributed by atoms with Crippen molar-refractivity contribution in [3.8, 4) is 0 Å². The summed E-state index contributed by atoms with van der Waals surface area (Å²) in [7, 11) is 0. The lowest BCUT2D eigenvalue weighted by Gasteiger charge is -2.25. The maximum Gasteiger partial charge on any atom is 0.223 e. The number of halogens is 1. The fourth-order valence-corrected chi connectivity index (χ4v) is 3.64. The van der Waals surface area contributed by atoms with Crippen LogP contribution in [0.1, 0.15) is 36.0 Å². The van der Waals surface area contributed by atoms with Crippen LogP contribution in [-0.4, -0.2) is 23.4 Å². The van der Waals surface area contributed by atoms with Gasteiger partial charge in [0.2, 0.25) is 5.91 Å². The Morgan fingerprint density at radius 3 is 2.84 bits per heavy atom. The standard InChI is InChI=1S/C21H25ClN2O/c1-16-5-4-6-17(13-16)14-23-12-11-19-9-10-21(25)24(19)15-18-7-2-3-8-20(18)22/h2-8,13,19,23H,9-12,14-15H2,1H3. The van der Waals surface area contributed by atoms with Crippen LogP contribution < -0.4 is 5.32 Å². The molecule has 2 aromatic rings. The zero-order valence-corrected chi connectivity index (χ0v) is 15.4. The van der Waals surface area contributed by atoms with E-state index in [1.54, 1.807) is 0 Å². The topological polar surface area (TPSA) is 32.3 Å². The summed E-state index contributed by atoms with van der Waals surface area (Å²) >= 11 is 6.26. The van der Waals surface area contributed by atoms with Crippen LogP contribution in [0.2, 0.25) is 5.02 Å². The van der Waals surface area contributed by atoms with E-state index in [9.17, 15) is 4.79 Å². The number of rotatable bonds is 7. The summed E-state index contributed by atoms with van der Waals surface area (Å²) in [5.41, 5.74) is 3.61. The number of hydrogen-bond donors (Lipinski definition) is 1. The molecule has 1 heterocycles. The fourth-order valence-electron chi connectivity index (χ4n) is 3.44. The molecule has 1 amide bonds. The lowest BCUT2D eigenvalue weighted by Crippen LogP contribution is -2.34. The number of benzene rings is 2. The summed E-state index contributed by atoms with van der Waals surface area (Å²) in [5, 5.41) is 4.24. The molecule has 0 aromatic heterocycles. The number of carbonyl (C=O) groups excluding carboxylic acids is 1. The van der Waals surface area contributed by atoms with E-state index in [2.05, 4.69) is 36.5 Å². The lowest BCUT2D eigenvalue weighted by molar-refractivity contribution is -0.129. The Labute approximate surface area is 155 Å². The third-order valence-electron chi connectivity index (χ3n) is 4.82. The second kappa shape index (κ2) is 8.50. The van der Waals surface area contributed by atoms with Gasteiger partial charge in [-0.25, -0.2) is 0 Å². The molecule has 4 heteroatoms. The molecule has 1 saturated heterocycles. The molecule has 25 heavy (non-hydrogen) atoms. The Bertz CT molecular complexity index is 731. The van der Waals surface area contributed by atoms with Crippen molar-refractivity contribution >= 4 is 17.5 Å². The average molecular weight is 357 g/mol. The van der Waals surface area contributed by atoms with Gasteiger partial charge in [0, 0.05) is 30.6 Å². The maximum absolute atomic E-state index is 12.3. The summed E-state index contributed by atoms with van der Waals surface area (Å²) < 4.78 is 0. The molecule has 1 aliphatic rings. The first-order valence-electron chi connectivity index (χ1n) is 8.92. The van der Waals surface area contributed by atoms with E-state index < -0.39 is 0 Å². The monoisotopic (exact) mass is 356 g/mol. The zero-order chi connectivity index (χ0) is 17.6. The number of nitrogens with one attached hydrogen (secondary N) is 1. The Balaban J connectivity index is 1.51. The predicted molar refractivity (Wildman–Crippen MR) is 103 cm³/mol. The molecule has 1 atom stereocenters.